The summed E-state index contributed by atoms with van der Waals surface area (Å²) in [5, 5.41) is 0.269. The molecular weight excluding hydrogens is 240 g/mol. The van der Waals surface area contributed by atoms with E-state index >= 15 is 0 Å². The van der Waals surface area contributed by atoms with Gasteiger partial charge in [-0.15, -0.1) is 0 Å². The molecule has 2 aliphatic rings. The molecule has 0 N–H and O–H groups in total. The number of rotatable bonds is 3. The Balaban J connectivity index is 2.16. The first-order valence-corrected chi connectivity index (χ1v) is 10.2. The number of allylic oxidation sites excluding steroid dienone is 1. The van der Waals surface area contributed by atoms with Crippen LogP contribution in [0.4, 0.5) is 0 Å². The fourth-order valence-corrected chi connectivity index (χ4v) is 4.00. The highest BCUT2D eigenvalue weighted by molar-refractivity contribution is 6.74. The second-order valence-electron chi connectivity index (χ2n) is 7.27. The average molecular weight is 268 g/mol. The lowest BCUT2D eigenvalue weighted by molar-refractivity contribution is -0.0406. The summed E-state index contributed by atoms with van der Waals surface area (Å²) in [6.07, 6.45) is 8.14. The topological polar surface area (TPSA) is 18.5 Å². The normalized spacial score (nSPS) is 23.9. The fourth-order valence-electron chi connectivity index (χ4n) is 2.41. The van der Waals surface area contributed by atoms with E-state index in [9.17, 15) is 0 Å². The van der Waals surface area contributed by atoms with E-state index in [4.69, 9.17) is 9.16 Å². The molecule has 2 nitrogen and oxygen atoms in total. The summed E-state index contributed by atoms with van der Waals surface area (Å²) in [7, 11) is -1.71. The lowest BCUT2D eigenvalue weighted by Crippen LogP contribution is -2.54. The minimum absolute atomic E-state index is 0.0660. The van der Waals surface area contributed by atoms with Gasteiger partial charge in [0.15, 0.2) is 8.32 Å². The standard InChI is InChI=1S/C15H28O2Si/c1-14(2,3)18(4,5)17-15(10-8-11-15)13-9-6-7-12-16-13/h9H,6-8,10-12H2,1-5H3. The van der Waals surface area contributed by atoms with Gasteiger partial charge in [0, 0.05) is 0 Å². The van der Waals surface area contributed by atoms with Crippen LogP contribution in [-0.4, -0.2) is 20.5 Å². The average Bonchev–Trinajstić information content (AvgIpc) is 2.23. The highest BCUT2D eigenvalue weighted by Gasteiger charge is 2.50. The Hall–Kier alpha value is -0.283. The van der Waals surface area contributed by atoms with Crippen LogP contribution in [0.3, 0.4) is 0 Å². The Bertz CT molecular complexity index is 335. The van der Waals surface area contributed by atoms with Gasteiger partial charge < -0.3 is 9.16 Å². The largest absolute Gasteiger partial charge is 0.495 e. The molecule has 0 aromatic rings. The molecule has 3 heteroatoms. The van der Waals surface area contributed by atoms with Crippen molar-refractivity contribution < 1.29 is 9.16 Å². The molecular formula is C15H28O2Si. The fraction of sp³-hybridized carbons (Fsp3) is 0.867. The second-order valence-corrected chi connectivity index (χ2v) is 12.0. The van der Waals surface area contributed by atoms with E-state index in [1.807, 2.05) is 0 Å². The molecule has 2 rings (SSSR count). The minimum Gasteiger partial charge on any atom is -0.495 e. The molecule has 0 saturated heterocycles. The van der Waals surface area contributed by atoms with Crippen molar-refractivity contribution >= 4 is 8.32 Å². The van der Waals surface area contributed by atoms with Crippen LogP contribution >= 0.6 is 0 Å². The van der Waals surface area contributed by atoms with E-state index in [1.54, 1.807) is 0 Å². The second kappa shape index (κ2) is 4.68. The first-order chi connectivity index (χ1) is 8.27. The maximum Gasteiger partial charge on any atom is 0.193 e. The Kier molecular flexibility index (Phi) is 3.67. The first-order valence-electron chi connectivity index (χ1n) is 7.31. The summed E-state index contributed by atoms with van der Waals surface area (Å²) >= 11 is 0. The van der Waals surface area contributed by atoms with E-state index in [1.165, 1.54) is 6.42 Å². The first kappa shape index (κ1) is 14.1. The van der Waals surface area contributed by atoms with Crippen LogP contribution < -0.4 is 0 Å². The van der Waals surface area contributed by atoms with Crippen molar-refractivity contribution in [3.05, 3.63) is 11.8 Å². The lowest BCUT2D eigenvalue weighted by atomic mass is 9.78. The summed E-state index contributed by atoms with van der Waals surface area (Å²) in [4.78, 5) is 0. The van der Waals surface area contributed by atoms with Gasteiger partial charge in [-0.2, -0.15) is 0 Å². The Morgan fingerprint density at radius 3 is 2.28 bits per heavy atom. The predicted molar refractivity (Wildman–Crippen MR) is 78.1 cm³/mol. The molecule has 104 valence electrons. The van der Waals surface area contributed by atoms with E-state index in [-0.39, 0.29) is 10.6 Å². The van der Waals surface area contributed by atoms with Crippen molar-refractivity contribution in [3.8, 4) is 0 Å². The quantitative estimate of drug-likeness (QED) is 0.695. The van der Waals surface area contributed by atoms with Crippen LogP contribution in [0, 0.1) is 0 Å². The third-order valence-electron chi connectivity index (χ3n) is 4.80. The number of hydrogen-bond acceptors (Lipinski definition) is 2. The van der Waals surface area contributed by atoms with Gasteiger partial charge in [-0.25, -0.2) is 0 Å². The molecule has 1 aliphatic carbocycles. The van der Waals surface area contributed by atoms with Crippen molar-refractivity contribution in [2.24, 2.45) is 0 Å². The molecule has 0 unspecified atom stereocenters. The minimum atomic E-state index is -1.71. The molecule has 1 fully saturated rings. The third kappa shape index (κ3) is 2.53. The molecule has 18 heavy (non-hydrogen) atoms. The zero-order valence-electron chi connectivity index (χ0n) is 12.6. The van der Waals surface area contributed by atoms with E-state index < -0.39 is 8.32 Å². The highest BCUT2D eigenvalue weighted by Crippen LogP contribution is 2.49. The molecule has 0 amide bonds. The molecule has 0 aromatic heterocycles. The molecule has 1 aliphatic heterocycles. The summed E-state index contributed by atoms with van der Waals surface area (Å²) in [6.45, 7) is 12.5. The van der Waals surface area contributed by atoms with E-state index in [0.29, 0.717) is 0 Å². The molecule has 0 radical (unpaired) electrons. The Morgan fingerprint density at radius 1 is 1.22 bits per heavy atom. The van der Waals surface area contributed by atoms with Crippen molar-refractivity contribution in [3.63, 3.8) is 0 Å². The number of ether oxygens (including phenoxy) is 1. The Labute approximate surface area is 113 Å². The van der Waals surface area contributed by atoms with E-state index in [0.717, 1.165) is 38.0 Å². The van der Waals surface area contributed by atoms with Gasteiger partial charge in [0.25, 0.3) is 0 Å². The lowest BCUT2D eigenvalue weighted by Gasteiger charge is -2.51. The van der Waals surface area contributed by atoms with Gasteiger partial charge in [-0.1, -0.05) is 20.8 Å². The molecule has 1 saturated carbocycles. The SMILES string of the molecule is CC(C)(C)[Si](C)(C)OC1(C2=CCCCO2)CCC1. The van der Waals surface area contributed by atoms with Gasteiger partial charge in [0.05, 0.1) is 6.61 Å². The monoisotopic (exact) mass is 268 g/mol. The predicted octanol–water partition coefficient (Wildman–Crippen LogP) is 4.63. The van der Waals surface area contributed by atoms with Crippen LogP contribution in [0.2, 0.25) is 18.1 Å². The molecule has 0 spiro atoms. The maximum atomic E-state index is 6.71. The van der Waals surface area contributed by atoms with Crippen molar-refractivity contribution in [2.45, 2.75) is 76.6 Å². The van der Waals surface area contributed by atoms with Crippen molar-refractivity contribution in [1.29, 1.82) is 0 Å². The summed E-state index contributed by atoms with van der Waals surface area (Å²) in [5.41, 5.74) is -0.0660. The van der Waals surface area contributed by atoms with Crippen LogP contribution in [0.15, 0.2) is 11.8 Å². The van der Waals surface area contributed by atoms with Gasteiger partial charge >= 0.3 is 0 Å². The zero-order chi connectivity index (χ0) is 13.4. The van der Waals surface area contributed by atoms with Gasteiger partial charge in [-0.3, -0.25) is 0 Å². The molecule has 0 bridgehead atoms. The van der Waals surface area contributed by atoms with Crippen LogP contribution in [0.1, 0.15) is 52.9 Å². The van der Waals surface area contributed by atoms with Crippen molar-refractivity contribution in [1.82, 2.24) is 0 Å². The smallest absolute Gasteiger partial charge is 0.193 e. The molecule has 0 aromatic carbocycles. The zero-order valence-corrected chi connectivity index (χ0v) is 13.6. The van der Waals surface area contributed by atoms with Crippen LogP contribution in [-0.2, 0) is 9.16 Å². The third-order valence-corrected chi connectivity index (χ3v) is 9.32. The summed E-state index contributed by atoms with van der Waals surface area (Å²) in [5.74, 6) is 1.14. The van der Waals surface area contributed by atoms with Crippen LogP contribution in [0.5, 0.6) is 0 Å². The maximum absolute atomic E-state index is 6.71. The van der Waals surface area contributed by atoms with Gasteiger partial charge in [0.2, 0.25) is 0 Å². The van der Waals surface area contributed by atoms with Gasteiger partial charge in [-0.05, 0) is 56.3 Å². The highest BCUT2D eigenvalue weighted by atomic mass is 28.4. The van der Waals surface area contributed by atoms with Crippen molar-refractivity contribution in [2.75, 3.05) is 6.61 Å². The summed E-state index contributed by atoms with van der Waals surface area (Å²) < 4.78 is 12.6. The van der Waals surface area contributed by atoms with Crippen LogP contribution in [0.25, 0.3) is 0 Å². The van der Waals surface area contributed by atoms with Gasteiger partial charge in [0.1, 0.15) is 11.4 Å². The molecule has 1 heterocycles. The Morgan fingerprint density at radius 2 is 1.89 bits per heavy atom. The number of hydrogen-bond donors (Lipinski definition) is 0. The summed E-state index contributed by atoms with van der Waals surface area (Å²) in [6, 6.07) is 0. The van der Waals surface area contributed by atoms with E-state index in [2.05, 4.69) is 39.9 Å². The molecule has 0 atom stereocenters.